The first-order valence-electron chi connectivity index (χ1n) is 9.57. The maximum atomic E-state index is 12.4. The highest BCUT2D eigenvalue weighted by atomic mass is 16.1. The zero-order valence-corrected chi connectivity index (χ0v) is 15.4. The molecule has 0 radical (unpaired) electrons. The molecule has 138 valence electrons. The first-order valence-corrected chi connectivity index (χ1v) is 9.57. The second kappa shape index (κ2) is 8.18. The summed E-state index contributed by atoms with van der Waals surface area (Å²) in [6, 6.07) is 17.9. The Morgan fingerprint density at radius 2 is 1.70 bits per heavy atom. The van der Waals surface area contributed by atoms with E-state index in [9.17, 15) is 4.79 Å². The summed E-state index contributed by atoms with van der Waals surface area (Å²) >= 11 is 0. The third-order valence-electron chi connectivity index (χ3n) is 5.14. The van der Waals surface area contributed by atoms with Crippen molar-refractivity contribution in [2.75, 3.05) is 13.1 Å². The van der Waals surface area contributed by atoms with E-state index in [1.54, 1.807) is 15.8 Å². The van der Waals surface area contributed by atoms with E-state index >= 15 is 0 Å². The molecule has 1 aromatic heterocycles. The molecule has 1 fully saturated rings. The number of hydrogen-bond acceptors (Lipinski definition) is 2. The van der Waals surface area contributed by atoms with Gasteiger partial charge in [-0.15, -0.1) is 0 Å². The topological polar surface area (TPSA) is 51.4 Å². The largest absolute Gasteiger partial charge is 0.348 e. The van der Waals surface area contributed by atoms with E-state index in [1.165, 1.54) is 31.5 Å². The minimum absolute atomic E-state index is 0.0624. The summed E-state index contributed by atoms with van der Waals surface area (Å²) in [4.78, 5) is 14.1. The molecule has 0 bridgehead atoms. The lowest BCUT2D eigenvalue weighted by Gasteiger charge is -2.12. The van der Waals surface area contributed by atoms with Gasteiger partial charge >= 0.3 is 0 Å². The number of quaternary nitrogens is 1. The van der Waals surface area contributed by atoms with Crippen molar-refractivity contribution in [1.29, 1.82) is 0 Å². The van der Waals surface area contributed by atoms with E-state index in [4.69, 9.17) is 0 Å². The summed E-state index contributed by atoms with van der Waals surface area (Å²) in [6.45, 7) is 4.22. The van der Waals surface area contributed by atoms with Crippen LogP contribution >= 0.6 is 0 Å². The lowest BCUT2D eigenvalue weighted by molar-refractivity contribution is -0.901. The fourth-order valence-electron chi connectivity index (χ4n) is 3.59. The molecule has 0 unspecified atom stereocenters. The molecule has 1 saturated heterocycles. The van der Waals surface area contributed by atoms with Gasteiger partial charge in [0, 0.05) is 42.9 Å². The van der Waals surface area contributed by atoms with E-state index in [0.717, 1.165) is 17.8 Å². The van der Waals surface area contributed by atoms with Gasteiger partial charge in [0.2, 0.25) is 0 Å². The maximum Gasteiger partial charge on any atom is 0.251 e. The van der Waals surface area contributed by atoms with E-state index in [-0.39, 0.29) is 5.91 Å². The monoisotopic (exact) mass is 361 g/mol. The van der Waals surface area contributed by atoms with Gasteiger partial charge in [-0.1, -0.05) is 24.3 Å². The molecule has 5 nitrogen and oxygen atoms in total. The average Bonchev–Trinajstić information content (AvgIpc) is 3.42. The van der Waals surface area contributed by atoms with E-state index in [2.05, 4.69) is 34.7 Å². The highest BCUT2D eigenvalue weighted by molar-refractivity contribution is 5.94. The summed E-state index contributed by atoms with van der Waals surface area (Å²) in [5.74, 6) is -0.0624. The van der Waals surface area contributed by atoms with Crippen LogP contribution in [0.25, 0.3) is 5.69 Å². The molecule has 2 N–H and O–H groups in total. The van der Waals surface area contributed by atoms with Crippen LogP contribution in [0.3, 0.4) is 0 Å². The van der Waals surface area contributed by atoms with Crippen molar-refractivity contribution in [3.8, 4) is 5.69 Å². The van der Waals surface area contributed by atoms with Crippen LogP contribution in [-0.2, 0) is 13.1 Å². The molecule has 0 saturated carbocycles. The summed E-state index contributed by atoms with van der Waals surface area (Å²) in [5, 5.41) is 7.19. The van der Waals surface area contributed by atoms with Gasteiger partial charge in [0.1, 0.15) is 6.54 Å². The van der Waals surface area contributed by atoms with Gasteiger partial charge in [0.15, 0.2) is 0 Å². The zero-order valence-electron chi connectivity index (χ0n) is 15.4. The molecule has 2 heterocycles. The van der Waals surface area contributed by atoms with Crippen LogP contribution in [0.2, 0.25) is 0 Å². The van der Waals surface area contributed by atoms with Crippen LogP contribution in [0, 0.1) is 0 Å². The Balaban J connectivity index is 1.30. The number of amides is 1. The predicted molar refractivity (Wildman–Crippen MR) is 105 cm³/mol. The van der Waals surface area contributed by atoms with Crippen molar-refractivity contribution in [1.82, 2.24) is 15.1 Å². The summed E-state index contributed by atoms with van der Waals surface area (Å²) < 4.78 is 1.77. The number of benzene rings is 2. The molecule has 1 aliphatic heterocycles. The van der Waals surface area contributed by atoms with Gasteiger partial charge in [-0.05, 0) is 35.9 Å². The van der Waals surface area contributed by atoms with Crippen molar-refractivity contribution in [2.24, 2.45) is 0 Å². The standard InChI is InChI=1S/C22H24N4O/c27-22(20-8-10-21(11-9-20)26-15-3-12-24-26)23-16-18-4-6-19(7-5-18)17-25-13-1-2-14-25/h3-12,15H,1-2,13-14,16-17H2,(H,23,27)/p+1. The van der Waals surface area contributed by atoms with Gasteiger partial charge in [-0.2, -0.15) is 5.10 Å². The van der Waals surface area contributed by atoms with Crippen LogP contribution < -0.4 is 10.2 Å². The predicted octanol–water partition coefficient (Wildman–Crippen LogP) is 1.98. The average molecular weight is 361 g/mol. The van der Waals surface area contributed by atoms with E-state index < -0.39 is 0 Å². The minimum atomic E-state index is -0.0624. The van der Waals surface area contributed by atoms with Gasteiger partial charge in [-0.25, -0.2) is 4.68 Å². The van der Waals surface area contributed by atoms with Gasteiger partial charge in [-0.3, -0.25) is 4.79 Å². The Morgan fingerprint density at radius 1 is 1.00 bits per heavy atom. The van der Waals surface area contributed by atoms with Gasteiger partial charge in [0.05, 0.1) is 18.8 Å². The van der Waals surface area contributed by atoms with Crippen LogP contribution in [-0.4, -0.2) is 28.8 Å². The Labute approximate surface area is 159 Å². The number of carbonyl (C=O) groups is 1. The van der Waals surface area contributed by atoms with Crippen molar-refractivity contribution in [3.63, 3.8) is 0 Å². The molecule has 0 atom stereocenters. The third kappa shape index (κ3) is 4.44. The minimum Gasteiger partial charge on any atom is -0.348 e. The Hall–Kier alpha value is -2.92. The molecular weight excluding hydrogens is 336 g/mol. The number of rotatable bonds is 6. The SMILES string of the molecule is O=C(NCc1ccc(C[NH+]2CCCC2)cc1)c1ccc(-n2cccn2)cc1. The number of nitrogens with one attached hydrogen (secondary N) is 2. The zero-order chi connectivity index (χ0) is 18.5. The third-order valence-corrected chi connectivity index (χ3v) is 5.14. The van der Waals surface area contributed by atoms with Crippen LogP contribution in [0.15, 0.2) is 67.0 Å². The molecule has 0 spiro atoms. The molecule has 1 aliphatic rings. The normalized spacial score (nSPS) is 14.4. The van der Waals surface area contributed by atoms with Crippen molar-refractivity contribution < 1.29 is 9.69 Å². The first kappa shape index (κ1) is 17.5. The molecule has 27 heavy (non-hydrogen) atoms. The second-order valence-corrected chi connectivity index (χ2v) is 7.13. The molecular formula is C22H25N4O+. The number of aromatic nitrogens is 2. The van der Waals surface area contributed by atoms with Crippen LogP contribution in [0.5, 0.6) is 0 Å². The van der Waals surface area contributed by atoms with Gasteiger partial charge in [0.25, 0.3) is 5.91 Å². The molecule has 1 amide bonds. The van der Waals surface area contributed by atoms with E-state index in [0.29, 0.717) is 12.1 Å². The quantitative estimate of drug-likeness (QED) is 0.705. The molecule has 2 aromatic carbocycles. The summed E-state index contributed by atoms with van der Waals surface area (Å²) in [7, 11) is 0. The van der Waals surface area contributed by atoms with Crippen molar-refractivity contribution in [2.45, 2.75) is 25.9 Å². The summed E-state index contributed by atoms with van der Waals surface area (Å²) in [5.41, 5.74) is 4.08. The Morgan fingerprint density at radius 3 is 2.37 bits per heavy atom. The molecule has 3 aromatic rings. The van der Waals surface area contributed by atoms with Crippen LogP contribution in [0.4, 0.5) is 0 Å². The van der Waals surface area contributed by atoms with Crippen molar-refractivity contribution in [3.05, 3.63) is 83.7 Å². The molecule has 5 heteroatoms. The second-order valence-electron chi connectivity index (χ2n) is 7.13. The Kier molecular flexibility index (Phi) is 5.30. The van der Waals surface area contributed by atoms with E-state index in [1.807, 2.05) is 36.5 Å². The molecule has 0 aliphatic carbocycles. The highest BCUT2D eigenvalue weighted by Gasteiger charge is 2.15. The van der Waals surface area contributed by atoms with Crippen LogP contribution in [0.1, 0.15) is 34.3 Å². The first-order chi connectivity index (χ1) is 13.3. The number of likely N-dealkylation sites (tertiary alicyclic amines) is 1. The maximum absolute atomic E-state index is 12.4. The fraction of sp³-hybridized carbons (Fsp3) is 0.273. The van der Waals surface area contributed by atoms with Crippen molar-refractivity contribution >= 4 is 5.91 Å². The lowest BCUT2D eigenvalue weighted by atomic mass is 10.1. The fourth-order valence-corrected chi connectivity index (χ4v) is 3.59. The summed E-state index contributed by atoms with van der Waals surface area (Å²) in [6.07, 6.45) is 6.31. The number of nitrogens with zero attached hydrogens (tertiary/aromatic N) is 2. The smallest absolute Gasteiger partial charge is 0.251 e. The Bertz CT molecular complexity index is 864. The van der Waals surface area contributed by atoms with Gasteiger partial charge < -0.3 is 10.2 Å². The number of hydrogen-bond donors (Lipinski definition) is 2. The lowest BCUT2D eigenvalue weighted by Crippen LogP contribution is -3.08. The number of carbonyl (C=O) groups excluding carboxylic acids is 1. The highest BCUT2D eigenvalue weighted by Crippen LogP contribution is 2.09. The molecule has 4 rings (SSSR count).